The molecule has 0 aliphatic heterocycles. The predicted molar refractivity (Wildman–Crippen MR) is 86.7 cm³/mol. The van der Waals surface area contributed by atoms with E-state index in [0.717, 1.165) is 24.4 Å². The average molecular weight is 289 g/mol. The molecule has 0 saturated heterocycles. The number of carbonyl (C=O) groups excluding carboxylic acids is 1. The standard InChI is InChI=1S/C17H27N3O/c1-4-14-10-13(11-16(18-3)19-14)17(21)20-15-9-7-5-6-8-12(15)2/h10-12,15H,4-9H2,1-3H3,(H,18,19)(H,20,21). The van der Waals surface area contributed by atoms with Crippen LogP contribution in [0.25, 0.3) is 0 Å². The third-order valence-corrected chi connectivity index (χ3v) is 4.44. The van der Waals surface area contributed by atoms with Gasteiger partial charge in [-0.05, 0) is 37.3 Å². The van der Waals surface area contributed by atoms with E-state index in [4.69, 9.17) is 0 Å². The first-order chi connectivity index (χ1) is 10.1. The molecular formula is C17H27N3O. The Morgan fingerprint density at radius 1 is 1.29 bits per heavy atom. The van der Waals surface area contributed by atoms with Gasteiger partial charge >= 0.3 is 0 Å². The van der Waals surface area contributed by atoms with Crippen LogP contribution in [0.1, 0.15) is 62.0 Å². The van der Waals surface area contributed by atoms with Crippen LogP contribution >= 0.6 is 0 Å². The van der Waals surface area contributed by atoms with E-state index >= 15 is 0 Å². The SMILES string of the molecule is CCc1cc(C(=O)NC2CCCCCC2C)cc(NC)n1. The van der Waals surface area contributed by atoms with Crippen molar-refractivity contribution < 1.29 is 4.79 Å². The number of amides is 1. The average Bonchev–Trinajstić information content (AvgIpc) is 2.71. The van der Waals surface area contributed by atoms with Crippen molar-refractivity contribution in [1.29, 1.82) is 0 Å². The number of carbonyl (C=O) groups is 1. The Balaban J connectivity index is 2.11. The van der Waals surface area contributed by atoms with Gasteiger partial charge < -0.3 is 10.6 Å². The third kappa shape index (κ3) is 4.19. The second-order valence-electron chi connectivity index (χ2n) is 6.03. The zero-order valence-corrected chi connectivity index (χ0v) is 13.4. The number of aryl methyl sites for hydroxylation is 1. The largest absolute Gasteiger partial charge is 0.373 e. The number of hydrogen-bond acceptors (Lipinski definition) is 3. The molecule has 2 unspecified atom stereocenters. The molecule has 1 fully saturated rings. The second-order valence-corrected chi connectivity index (χ2v) is 6.03. The van der Waals surface area contributed by atoms with Gasteiger partial charge in [0.05, 0.1) is 0 Å². The Kier molecular flexibility index (Phi) is 5.59. The van der Waals surface area contributed by atoms with E-state index in [1.165, 1.54) is 25.7 Å². The molecule has 4 heteroatoms. The zero-order valence-electron chi connectivity index (χ0n) is 13.4. The van der Waals surface area contributed by atoms with Crippen molar-refractivity contribution in [3.05, 3.63) is 23.4 Å². The van der Waals surface area contributed by atoms with Gasteiger partial charge in [0, 0.05) is 24.3 Å². The lowest BCUT2D eigenvalue weighted by Gasteiger charge is -2.23. The lowest BCUT2D eigenvalue weighted by molar-refractivity contribution is 0.0921. The van der Waals surface area contributed by atoms with Crippen molar-refractivity contribution in [3.63, 3.8) is 0 Å². The number of aromatic nitrogens is 1. The van der Waals surface area contributed by atoms with E-state index in [1.807, 2.05) is 19.2 Å². The summed E-state index contributed by atoms with van der Waals surface area (Å²) in [7, 11) is 1.83. The summed E-state index contributed by atoms with van der Waals surface area (Å²) in [5.41, 5.74) is 1.66. The summed E-state index contributed by atoms with van der Waals surface area (Å²) in [5.74, 6) is 1.35. The fraction of sp³-hybridized carbons (Fsp3) is 0.647. The summed E-state index contributed by atoms with van der Waals surface area (Å²) in [6.07, 6.45) is 6.92. The maximum atomic E-state index is 12.5. The molecule has 0 aromatic carbocycles. The van der Waals surface area contributed by atoms with Crippen molar-refractivity contribution in [2.75, 3.05) is 12.4 Å². The van der Waals surface area contributed by atoms with Gasteiger partial charge in [0.1, 0.15) is 5.82 Å². The van der Waals surface area contributed by atoms with Gasteiger partial charge in [-0.2, -0.15) is 0 Å². The molecule has 2 atom stereocenters. The number of hydrogen-bond donors (Lipinski definition) is 2. The molecule has 0 spiro atoms. The van der Waals surface area contributed by atoms with Crippen LogP contribution in [0.15, 0.2) is 12.1 Å². The fourth-order valence-corrected chi connectivity index (χ4v) is 2.99. The minimum absolute atomic E-state index is 0.0300. The molecule has 0 bridgehead atoms. The molecule has 2 rings (SSSR count). The fourth-order valence-electron chi connectivity index (χ4n) is 2.99. The van der Waals surface area contributed by atoms with E-state index in [0.29, 0.717) is 17.5 Å². The van der Waals surface area contributed by atoms with Crippen molar-refractivity contribution in [2.24, 2.45) is 5.92 Å². The molecule has 1 aliphatic carbocycles. The molecule has 1 heterocycles. The molecule has 2 N–H and O–H groups in total. The van der Waals surface area contributed by atoms with E-state index in [9.17, 15) is 4.79 Å². The summed E-state index contributed by atoms with van der Waals surface area (Å²) < 4.78 is 0. The molecule has 1 aliphatic rings. The Bertz CT molecular complexity index is 465. The molecule has 4 nitrogen and oxygen atoms in total. The van der Waals surface area contributed by atoms with Crippen molar-refractivity contribution in [2.45, 2.75) is 58.4 Å². The van der Waals surface area contributed by atoms with Crippen molar-refractivity contribution in [1.82, 2.24) is 10.3 Å². The van der Waals surface area contributed by atoms with Crippen LogP contribution in [-0.4, -0.2) is 24.0 Å². The molecule has 116 valence electrons. The van der Waals surface area contributed by atoms with Crippen LogP contribution in [0.4, 0.5) is 5.82 Å². The Morgan fingerprint density at radius 3 is 2.76 bits per heavy atom. The topological polar surface area (TPSA) is 54.0 Å². The number of anilines is 1. The van der Waals surface area contributed by atoms with Crippen LogP contribution in [0.5, 0.6) is 0 Å². The number of rotatable bonds is 4. The third-order valence-electron chi connectivity index (χ3n) is 4.44. The van der Waals surface area contributed by atoms with Gasteiger partial charge in [-0.3, -0.25) is 4.79 Å². The number of nitrogens with one attached hydrogen (secondary N) is 2. The molecule has 0 radical (unpaired) electrons. The first-order valence-corrected chi connectivity index (χ1v) is 8.13. The van der Waals surface area contributed by atoms with Crippen molar-refractivity contribution >= 4 is 11.7 Å². The lowest BCUT2D eigenvalue weighted by Crippen LogP contribution is -2.38. The van der Waals surface area contributed by atoms with Gasteiger partial charge in [-0.25, -0.2) is 4.98 Å². The minimum atomic E-state index is 0.0300. The molecule has 21 heavy (non-hydrogen) atoms. The van der Waals surface area contributed by atoms with Gasteiger partial charge in [0.25, 0.3) is 5.91 Å². The highest BCUT2D eigenvalue weighted by Crippen LogP contribution is 2.23. The predicted octanol–water partition coefficient (Wildman–Crippen LogP) is 3.38. The van der Waals surface area contributed by atoms with Crippen LogP contribution in [-0.2, 0) is 6.42 Å². The summed E-state index contributed by atoms with van der Waals surface area (Å²) in [5, 5.41) is 6.26. The molecule has 1 saturated carbocycles. The first-order valence-electron chi connectivity index (χ1n) is 8.13. The molecule has 1 amide bonds. The smallest absolute Gasteiger partial charge is 0.251 e. The normalized spacial score (nSPS) is 22.4. The highest BCUT2D eigenvalue weighted by atomic mass is 16.1. The summed E-state index contributed by atoms with van der Waals surface area (Å²) >= 11 is 0. The van der Waals surface area contributed by atoms with E-state index in [1.54, 1.807) is 0 Å². The maximum Gasteiger partial charge on any atom is 0.251 e. The quantitative estimate of drug-likeness (QED) is 0.835. The summed E-state index contributed by atoms with van der Waals surface area (Å²) in [6, 6.07) is 4.03. The van der Waals surface area contributed by atoms with E-state index in [-0.39, 0.29) is 5.91 Å². The maximum absolute atomic E-state index is 12.5. The van der Waals surface area contributed by atoms with Crippen LogP contribution in [0.2, 0.25) is 0 Å². The summed E-state index contributed by atoms with van der Waals surface area (Å²) in [6.45, 7) is 4.30. The number of pyridine rings is 1. The molecule has 1 aromatic rings. The van der Waals surface area contributed by atoms with Crippen LogP contribution in [0, 0.1) is 5.92 Å². The van der Waals surface area contributed by atoms with Gasteiger partial charge in [-0.15, -0.1) is 0 Å². The first kappa shape index (κ1) is 15.8. The Hall–Kier alpha value is -1.58. The monoisotopic (exact) mass is 289 g/mol. The molecule has 1 aromatic heterocycles. The second kappa shape index (κ2) is 7.43. The summed E-state index contributed by atoms with van der Waals surface area (Å²) in [4.78, 5) is 17.0. The lowest BCUT2D eigenvalue weighted by atomic mass is 9.96. The Morgan fingerprint density at radius 2 is 2.05 bits per heavy atom. The van der Waals surface area contributed by atoms with Gasteiger partial charge in [0.2, 0.25) is 0 Å². The highest BCUT2D eigenvalue weighted by molar-refractivity contribution is 5.95. The Labute approximate surface area is 127 Å². The van der Waals surface area contributed by atoms with Crippen LogP contribution < -0.4 is 10.6 Å². The van der Waals surface area contributed by atoms with Gasteiger partial charge in [-0.1, -0.05) is 33.1 Å². The van der Waals surface area contributed by atoms with Crippen LogP contribution in [0.3, 0.4) is 0 Å². The van der Waals surface area contributed by atoms with Crippen molar-refractivity contribution in [3.8, 4) is 0 Å². The van der Waals surface area contributed by atoms with E-state index in [2.05, 4.69) is 29.5 Å². The molecular weight excluding hydrogens is 262 g/mol. The van der Waals surface area contributed by atoms with Gasteiger partial charge in [0.15, 0.2) is 0 Å². The van der Waals surface area contributed by atoms with E-state index < -0.39 is 0 Å². The highest BCUT2D eigenvalue weighted by Gasteiger charge is 2.22. The zero-order chi connectivity index (χ0) is 15.2. The minimum Gasteiger partial charge on any atom is -0.373 e. The number of nitrogens with zero attached hydrogens (tertiary/aromatic N) is 1.